The van der Waals surface area contributed by atoms with Gasteiger partial charge in [0, 0.05) is 18.7 Å². The molecule has 0 radical (unpaired) electrons. The van der Waals surface area contributed by atoms with E-state index in [1.807, 2.05) is 0 Å². The number of carbonyl (C=O) groups is 2. The van der Waals surface area contributed by atoms with E-state index in [2.05, 4.69) is 10.3 Å². The molecule has 0 saturated carbocycles. The van der Waals surface area contributed by atoms with Crippen LogP contribution < -0.4 is 10.2 Å². The Morgan fingerprint density at radius 2 is 1.78 bits per heavy atom. The first kappa shape index (κ1) is 29.8. The SMILES string of the molecule is CC(=O)NC[C@H]1CN(c2ccc(-c3ccc(CCCc4cc(C(F)(F)F)ccc4C(F)(F)F)cn3)c(F)c2)C(=O)O1. The van der Waals surface area contributed by atoms with Gasteiger partial charge in [0.25, 0.3) is 0 Å². The molecule has 13 heteroatoms. The van der Waals surface area contributed by atoms with E-state index in [-0.39, 0.29) is 55.2 Å². The zero-order chi connectivity index (χ0) is 29.9. The molecule has 41 heavy (non-hydrogen) atoms. The summed E-state index contributed by atoms with van der Waals surface area (Å²) < 4.78 is 99.1. The lowest BCUT2D eigenvalue weighted by atomic mass is 9.97. The smallest absolute Gasteiger partial charge is 0.416 e. The number of amides is 2. The fraction of sp³-hybridized carbons (Fsp3) is 0.321. The molecule has 1 saturated heterocycles. The average molecular weight is 584 g/mol. The number of benzene rings is 2. The lowest BCUT2D eigenvalue weighted by molar-refractivity contribution is -0.141. The van der Waals surface area contributed by atoms with Crippen LogP contribution in [0.15, 0.2) is 54.7 Å². The number of rotatable bonds is 8. The third kappa shape index (κ3) is 7.33. The number of alkyl halides is 6. The van der Waals surface area contributed by atoms with Gasteiger partial charge >= 0.3 is 18.4 Å². The number of halogens is 7. The zero-order valence-corrected chi connectivity index (χ0v) is 21.6. The molecule has 218 valence electrons. The van der Waals surface area contributed by atoms with E-state index in [9.17, 15) is 40.3 Å². The van der Waals surface area contributed by atoms with Crippen molar-refractivity contribution in [1.82, 2.24) is 10.3 Å². The maximum atomic E-state index is 15.0. The van der Waals surface area contributed by atoms with Gasteiger partial charge in [0.2, 0.25) is 5.91 Å². The number of carbonyl (C=O) groups excluding carboxylic acids is 2. The van der Waals surface area contributed by atoms with Crippen molar-refractivity contribution >= 4 is 17.7 Å². The molecule has 0 aliphatic carbocycles. The van der Waals surface area contributed by atoms with Crippen LogP contribution in [-0.4, -0.2) is 36.2 Å². The molecule has 1 aliphatic heterocycles. The minimum Gasteiger partial charge on any atom is -0.442 e. The van der Waals surface area contributed by atoms with Gasteiger partial charge in [0.05, 0.1) is 35.6 Å². The Labute approximate surface area is 230 Å². The highest BCUT2D eigenvalue weighted by molar-refractivity contribution is 5.90. The van der Waals surface area contributed by atoms with E-state index < -0.39 is 47.1 Å². The predicted molar refractivity (Wildman–Crippen MR) is 134 cm³/mol. The third-order valence-corrected chi connectivity index (χ3v) is 6.47. The predicted octanol–water partition coefficient (Wildman–Crippen LogP) is 6.56. The molecule has 1 atom stereocenters. The van der Waals surface area contributed by atoms with Crippen LogP contribution in [0.3, 0.4) is 0 Å². The van der Waals surface area contributed by atoms with E-state index in [1.54, 1.807) is 6.07 Å². The highest BCUT2D eigenvalue weighted by Gasteiger charge is 2.37. The molecule has 1 aliphatic rings. The van der Waals surface area contributed by atoms with Crippen LogP contribution >= 0.6 is 0 Å². The maximum Gasteiger partial charge on any atom is 0.416 e. The Morgan fingerprint density at radius 1 is 1.02 bits per heavy atom. The molecular weight excluding hydrogens is 559 g/mol. The van der Waals surface area contributed by atoms with Crippen LogP contribution in [0.1, 0.15) is 35.6 Å². The zero-order valence-electron chi connectivity index (χ0n) is 21.6. The van der Waals surface area contributed by atoms with Crippen molar-refractivity contribution in [3.63, 3.8) is 0 Å². The van der Waals surface area contributed by atoms with E-state index in [0.29, 0.717) is 23.8 Å². The van der Waals surface area contributed by atoms with Crippen molar-refractivity contribution in [1.29, 1.82) is 0 Å². The Morgan fingerprint density at radius 3 is 2.39 bits per heavy atom. The first-order valence-corrected chi connectivity index (χ1v) is 12.5. The molecular formula is C28H24F7N3O3. The maximum absolute atomic E-state index is 15.0. The van der Waals surface area contributed by atoms with E-state index in [1.165, 1.54) is 36.2 Å². The van der Waals surface area contributed by atoms with Crippen LogP contribution in [0.2, 0.25) is 0 Å². The topological polar surface area (TPSA) is 71.5 Å². The Kier molecular flexibility index (Phi) is 8.55. The lowest BCUT2D eigenvalue weighted by Gasteiger charge is -2.16. The Bertz CT molecular complexity index is 1420. The molecule has 2 amide bonds. The Hall–Kier alpha value is -4.16. The standard InChI is InChI=1S/C28H24F7N3O3/c1-16(39)36-14-21-15-38(26(40)41-21)20-7-8-22(24(29)12-20)25-10-5-17(13-37-25)3-2-4-18-11-19(27(30,31)32)6-9-23(18)28(33,34)35/h5-13,21H,2-4,14-15H2,1H3,(H,36,39)/t21-/m0/s1. The van der Waals surface area contributed by atoms with Gasteiger partial charge in [0.1, 0.15) is 11.9 Å². The second-order valence-corrected chi connectivity index (χ2v) is 9.49. The first-order chi connectivity index (χ1) is 19.2. The molecule has 4 rings (SSSR count). The molecule has 3 aromatic rings. The van der Waals surface area contributed by atoms with E-state index in [4.69, 9.17) is 4.74 Å². The van der Waals surface area contributed by atoms with Gasteiger partial charge in [-0.3, -0.25) is 14.7 Å². The summed E-state index contributed by atoms with van der Waals surface area (Å²) in [5.41, 5.74) is -1.43. The van der Waals surface area contributed by atoms with Crippen LogP contribution in [0.25, 0.3) is 11.3 Å². The van der Waals surface area contributed by atoms with Gasteiger partial charge < -0.3 is 10.1 Å². The molecule has 6 nitrogen and oxygen atoms in total. The summed E-state index contributed by atoms with van der Waals surface area (Å²) in [6, 6.07) is 8.63. The molecule has 0 unspecified atom stereocenters. The monoisotopic (exact) mass is 583 g/mol. The number of cyclic esters (lactones) is 1. The molecule has 2 heterocycles. The molecule has 1 N–H and O–H groups in total. The summed E-state index contributed by atoms with van der Waals surface area (Å²) in [7, 11) is 0. The normalized spacial score (nSPS) is 15.7. The van der Waals surface area contributed by atoms with Crippen LogP contribution in [0.4, 0.5) is 41.2 Å². The highest BCUT2D eigenvalue weighted by atomic mass is 19.4. The number of nitrogens with zero attached hydrogens (tertiary/aromatic N) is 2. The quantitative estimate of drug-likeness (QED) is 0.305. The molecule has 0 bridgehead atoms. The third-order valence-electron chi connectivity index (χ3n) is 6.47. The number of pyridine rings is 1. The van der Waals surface area contributed by atoms with Crippen molar-refractivity contribution < 1.29 is 45.1 Å². The minimum absolute atomic E-state index is 0.121. The molecule has 1 aromatic heterocycles. The summed E-state index contributed by atoms with van der Waals surface area (Å²) >= 11 is 0. The summed E-state index contributed by atoms with van der Waals surface area (Å²) in [4.78, 5) is 28.7. The first-order valence-electron chi connectivity index (χ1n) is 12.5. The van der Waals surface area contributed by atoms with Gasteiger partial charge in [0.15, 0.2) is 0 Å². The number of anilines is 1. The minimum atomic E-state index is -4.79. The van der Waals surface area contributed by atoms with Crippen molar-refractivity contribution in [2.45, 2.75) is 44.6 Å². The fourth-order valence-corrected chi connectivity index (χ4v) is 4.44. The van der Waals surface area contributed by atoms with Crippen molar-refractivity contribution in [2.24, 2.45) is 0 Å². The summed E-state index contributed by atoms with van der Waals surface area (Å²) in [6.45, 7) is 1.57. The largest absolute Gasteiger partial charge is 0.442 e. The van der Waals surface area contributed by atoms with Gasteiger partial charge in [-0.05, 0) is 72.9 Å². The molecule has 2 aromatic carbocycles. The summed E-state index contributed by atoms with van der Waals surface area (Å²) in [5.74, 6) is -0.940. The number of hydrogen-bond donors (Lipinski definition) is 1. The van der Waals surface area contributed by atoms with E-state index in [0.717, 1.165) is 6.07 Å². The van der Waals surface area contributed by atoms with Crippen LogP contribution in [-0.2, 0) is 34.7 Å². The van der Waals surface area contributed by atoms with Crippen LogP contribution in [0.5, 0.6) is 0 Å². The van der Waals surface area contributed by atoms with Crippen molar-refractivity contribution in [3.8, 4) is 11.3 Å². The van der Waals surface area contributed by atoms with Gasteiger partial charge in [-0.1, -0.05) is 6.07 Å². The summed E-state index contributed by atoms with van der Waals surface area (Å²) in [5, 5.41) is 2.55. The van der Waals surface area contributed by atoms with Gasteiger partial charge in [-0.2, -0.15) is 26.3 Å². The molecule has 0 spiro atoms. The van der Waals surface area contributed by atoms with Crippen molar-refractivity contribution in [3.05, 3.63) is 82.8 Å². The highest BCUT2D eigenvalue weighted by Crippen LogP contribution is 2.37. The number of hydrogen-bond acceptors (Lipinski definition) is 4. The van der Waals surface area contributed by atoms with Crippen LogP contribution in [0, 0.1) is 5.82 Å². The second kappa shape index (κ2) is 11.8. The average Bonchev–Trinajstić information content (AvgIpc) is 3.27. The van der Waals surface area contributed by atoms with Gasteiger partial charge in [-0.15, -0.1) is 0 Å². The van der Waals surface area contributed by atoms with Crippen molar-refractivity contribution in [2.75, 3.05) is 18.0 Å². The number of ether oxygens (including phenoxy) is 1. The molecule has 1 fully saturated rings. The number of aromatic nitrogens is 1. The summed E-state index contributed by atoms with van der Waals surface area (Å²) in [6.07, 6.45) is -9.27. The fourth-order valence-electron chi connectivity index (χ4n) is 4.44. The lowest BCUT2D eigenvalue weighted by Crippen LogP contribution is -2.33. The van der Waals surface area contributed by atoms with E-state index >= 15 is 0 Å². The second-order valence-electron chi connectivity index (χ2n) is 9.49. The number of aryl methyl sites for hydroxylation is 2. The Balaban J connectivity index is 1.40. The number of nitrogens with one attached hydrogen (secondary N) is 1. The van der Waals surface area contributed by atoms with Gasteiger partial charge in [-0.25, -0.2) is 9.18 Å².